The normalized spacial score (nSPS) is 21.5. The zero-order valence-electron chi connectivity index (χ0n) is 10.5. The largest absolute Gasteiger partial charge is 0.409 e. The van der Waals surface area contributed by atoms with Crippen LogP contribution in [-0.4, -0.2) is 23.6 Å². The molecule has 0 amide bonds. The average molecular weight is 227 g/mol. The highest BCUT2D eigenvalue weighted by atomic mass is 16.4. The highest BCUT2D eigenvalue weighted by Gasteiger charge is 2.34. The summed E-state index contributed by atoms with van der Waals surface area (Å²) in [6, 6.07) is 0.333. The Morgan fingerprint density at radius 3 is 2.56 bits per heavy atom. The van der Waals surface area contributed by atoms with Gasteiger partial charge in [0.05, 0.1) is 0 Å². The molecule has 1 rings (SSSR count). The third-order valence-electron chi connectivity index (χ3n) is 4.01. The molecule has 0 heterocycles. The van der Waals surface area contributed by atoms with Crippen molar-refractivity contribution in [1.82, 2.24) is 5.32 Å². The van der Waals surface area contributed by atoms with Crippen molar-refractivity contribution >= 4 is 5.84 Å². The predicted molar refractivity (Wildman–Crippen MR) is 66.7 cm³/mol. The summed E-state index contributed by atoms with van der Waals surface area (Å²) in [6.45, 7) is 5.47. The minimum Gasteiger partial charge on any atom is -0.409 e. The van der Waals surface area contributed by atoms with Crippen LogP contribution in [0.1, 0.15) is 52.4 Å². The fourth-order valence-electron chi connectivity index (χ4n) is 2.35. The Morgan fingerprint density at radius 2 is 2.19 bits per heavy atom. The average Bonchev–Trinajstić information content (AvgIpc) is 2.26. The second kappa shape index (κ2) is 6.09. The lowest BCUT2D eigenvalue weighted by atomic mass is 9.67. The van der Waals surface area contributed by atoms with Gasteiger partial charge in [0.2, 0.25) is 0 Å². The van der Waals surface area contributed by atoms with E-state index in [0.717, 1.165) is 13.0 Å². The van der Waals surface area contributed by atoms with Crippen molar-refractivity contribution in [3.05, 3.63) is 0 Å². The summed E-state index contributed by atoms with van der Waals surface area (Å²) in [6.07, 6.45) is 6.95. The van der Waals surface area contributed by atoms with Crippen LogP contribution in [0.25, 0.3) is 0 Å². The van der Waals surface area contributed by atoms with Crippen molar-refractivity contribution in [2.24, 2.45) is 16.3 Å². The number of oxime groups is 1. The SMILES string of the molecule is CCC(CC(N)=NO)NCC1(CC)CCC1. The molecule has 0 aromatic heterocycles. The topological polar surface area (TPSA) is 70.6 Å². The molecule has 1 aliphatic rings. The van der Waals surface area contributed by atoms with Crippen LogP contribution in [0.3, 0.4) is 0 Å². The van der Waals surface area contributed by atoms with Gasteiger partial charge in [0.25, 0.3) is 0 Å². The standard InChI is InChI=1S/C12H25N3O/c1-3-10(8-11(13)15-16)14-9-12(4-2)6-5-7-12/h10,14,16H,3-9H2,1-2H3,(H2,13,15). The van der Waals surface area contributed by atoms with Gasteiger partial charge in [-0.1, -0.05) is 25.4 Å². The number of amidine groups is 1. The van der Waals surface area contributed by atoms with Gasteiger partial charge in [0.1, 0.15) is 5.84 Å². The van der Waals surface area contributed by atoms with Crippen molar-refractivity contribution in [3.63, 3.8) is 0 Å². The van der Waals surface area contributed by atoms with Gasteiger partial charge < -0.3 is 16.3 Å². The van der Waals surface area contributed by atoms with E-state index in [1.807, 2.05) is 0 Å². The number of hydrogen-bond donors (Lipinski definition) is 3. The second-order valence-corrected chi connectivity index (χ2v) is 4.99. The Labute approximate surface area is 98.3 Å². The Morgan fingerprint density at radius 1 is 1.50 bits per heavy atom. The van der Waals surface area contributed by atoms with E-state index in [1.165, 1.54) is 25.7 Å². The fourth-order valence-corrected chi connectivity index (χ4v) is 2.35. The van der Waals surface area contributed by atoms with Crippen LogP contribution in [-0.2, 0) is 0 Å². The number of nitrogens with zero attached hydrogens (tertiary/aromatic N) is 1. The molecule has 1 aliphatic carbocycles. The molecule has 1 atom stereocenters. The van der Waals surface area contributed by atoms with E-state index in [2.05, 4.69) is 24.3 Å². The van der Waals surface area contributed by atoms with Crippen LogP contribution < -0.4 is 11.1 Å². The maximum atomic E-state index is 8.55. The first-order valence-corrected chi connectivity index (χ1v) is 6.35. The third kappa shape index (κ3) is 3.37. The Balaban J connectivity index is 2.33. The lowest BCUT2D eigenvalue weighted by Gasteiger charge is -2.42. The number of hydrogen-bond acceptors (Lipinski definition) is 3. The second-order valence-electron chi connectivity index (χ2n) is 4.99. The summed E-state index contributed by atoms with van der Waals surface area (Å²) in [4.78, 5) is 0. The molecule has 1 saturated carbocycles. The van der Waals surface area contributed by atoms with Crippen molar-refractivity contribution < 1.29 is 5.21 Å². The van der Waals surface area contributed by atoms with Crippen LogP contribution in [0.2, 0.25) is 0 Å². The van der Waals surface area contributed by atoms with Gasteiger partial charge in [-0.15, -0.1) is 0 Å². The van der Waals surface area contributed by atoms with E-state index in [0.29, 0.717) is 23.7 Å². The molecule has 16 heavy (non-hydrogen) atoms. The smallest absolute Gasteiger partial charge is 0.140 e. The maximum Gasteiger partial charge on any atom is 0.140 e. The molecule has 1 fully saturated rings. The van der Waals surface area contributed by atoms with Gasteiger partial charge in [-0.3, -0.25) is 0 Å². The first kappa shape index (κ1) is 13.3. The molecule has 0 saturated heterocycles. The molecule has 0 aromatic rings. The summed E-state index contributed by atoms with van der Waals surface area (Å²) in [7, 11) is 0. The highest BCUT2D eigenvalue weighted by Crippen LogP contribution is 2.43. The lowest BCUT2D eigenvalue weighted by molar-refractivity contribution is 0.119. The molecular weight excluding hydrogens is 202 g/mol. The zero-order valence-corrected chi connectivity index (χ0v) is 10.5. The summed E-state index contributed by atoms with van der Waals surface area (Å²) < 4.78 is 0. The molecule has 0 bridgehead atoms. The molecule has 0 aromatic carbocycles. The van der Waals surface area contributed by atoms with Crippen molar-refractivity contribution in [2.45, 2.75) is 58.4 Å². The van der Waals surface area contributed by atoms with Gasteiger partial charge in [-0.2, -0.15) is 0 Å². The molecule has 0 aliphatic heterocycles. The van der Waals surface area contributed by atoms with E-state index in [9.17, 15) is 0 Å². The summed E-state index contributed by atoms with van der Waals surface area (Å²) in [5.41, 5.74) is 6.05. The first-order valence-electron chi connectivity index (χ1n) is 6.35. The van der Waals surface area contributed by atoms with Crippen molar-refractivity contribution in [2.75, 3.05) is 6.54 Å². The lowest BCUT2D eigenvalue weighted by Crippen LogP contribution is -2.44. The maximum absolute atomic E-state index is 8.55. The van der Waals surface area contributed by atoms with E-state index in [1.54, 1.807) is 0 Å². The van der Waals surface area contributed by atoms with Crippen LogP contribution >= 0.6 is 0 Å². The van der Waals surface area contributed by atoms with E-state index in [4.69, 9.17) is 10.9 Å². The first-order chi connectivity index (χ1) is 7.65. The molecule has 0 spiro atoms. The van der Waals surface area contributed by atoms with E-state index in [-0.39, 0.29) is 0 Å². The van der Waals surface area contributed by atoms with Crippen molar-refractivity contribution in [3.8, 4) is 0 Å². The van der Waals surface area contributed by atoms with Crippen LogP contribution in [0.5, 0.6) is 0 Å². The van der Waals surface area contributed by atoms with E-state index >= 15 is 0 Å². The molecule has 0 radical (unpaired) electrons. The fraction of sp³-hybridized carbons (Fsp3) is 0.917. The third-order valence-corrected chi connectivity index (χ3v) is 4.01. The van der Waals surface area contributed by atoms with Crippen LogP contribution in [0.4, 0.5) is 0 Å². The van der Waals surface area contributed by atoms with Crippen LogP contribution in [0.15, 0.2) is 5.16 Å². The van der Waals surface area contributed by atoms with Gasteiger partial charge >= 0.3 is 0 Å². The van der Waals surface area contributed by atoms with Crippen LogP contribution in [0, 0.1) is 5.41 Å². The van der Waals surface area contributed by atoms with Crippen molar-refractivity contribution in [1.29, 1.82) is 0 Å². The highest BCUT2D eigenvalue weighted by molar-refractivity contribution is 5.80. The number of rotatable bonds is 7. The molecule has 4 N–H and O–H groups in total. The summed E-state index contributed by atoms with van der Waals surface area (Å²) >= 11 is 0. The van der Waals surface area contributed by atoms with E-state index < -0.39 is 0 Å². The molecule has 1 unspecified atom stereocenters. The zero-order chi connectivity index (χ0) is 12.0. The molecule has 94 valence electrons. The minimum absolute atomic E-state index is 0.318. The van der Waals surface area contributed by atoms with Gasteiger partial charge in [0.15, 0.2) is 0 Å². The van der Waals surface area contributed by atoms with Gasteiger partial charge in [-0.05, 0) is 31.1 Å². The molecule has 4 heteroatoms. The predicted octanol–water partition coefficient (Wildman–Crippen LogP) is 2.07. The summed E-state index contributed by atoms with van der Waals surface area (Å²) in [5.74, 6) is 0.318. The molecule has 4 nitrogen and oxygen atoms in total. The molecular formula is C12H25N3O. The monoisotopic (exact) mass is 227 g/mol. The number of nitrogens with one attached hydrogen (secondary N) is 1. The Kier molecular flexibility index (Phi) is 5.06. The quantitative estimate of drug-likeness (QED) is 0.270. The van der Waals surface area contributed by atoms with Gasteiger partial charge in [0, 0.05) is 19.0 Å². The summed E-state index contributed by atoms with van der Waals surface area (Å²) in [5, 5.41) is 15.1. The Bertz CT molecular complexity index is 231. The van der Waals surface area contributed by atoms with Gasteiger partial charge in [-0.25, -0.2) is 0 Å². The number of nitrogens with two attached hydrogens (primary N) is 1. The Hall–Kier alpha value is -0.770. The minimum atomic E-state index is 0.318.